The van der Waals surface area contributed by atoms with Crippen LogP contribution in [0.1, 0.15) is 17.5 Å². The fourth-order valence-corrected chi connectivity index (χ4v) is 3.64. The van der Waals surface area contributed by atoms with Crippen LogP contribution in [-0.4, -0.2) is 60.8 Å². The molecule has 1 aliphatic heterocycles. The molecule has 2 aromatic rings. The van der Waals surface area contributed by atoms with Gasteiger partial charge in [-0.2, -0.15) is 13.2 Å². The van der Waals surface area contributed by atoms with Crippen LogP contribution in [0, 0.1) is 0 Å². The van der Waals surface area contributed by atoms with Crippen molar-refractivity contribution in [1.82, 2.24) is 30.0 Å². The third-order valence-corrected chi connectivity index (χ3v) is 5.42. The maximum absolute atomic E-state index is 12.6. The van der Waals surface area contributed by atoms with Crippen molar-refractivity contribution < 1.29 is 22.8 Å². The fourth-order valence-electron chi connectivity index (χ4n) is 2.72. The predicted octanol–water partition coefficient (Wildman–Crippen LogP) is 2.17. The summed E-state index contributed by atoms with van der Waals surface area (Å²) < 4.78 is 39.4. The first kappa shape index (κ1) is 20.1. The molecule has 1 aliphatic rings. The van der Waals surface area contributed by atoms with Crippen LogP contribution in [-0.2, 0) is 24.6 Å². The molecule has 1 aromatic heterocycles. The van der Waals surface area contributed by atoms with Crippen molar-refractivity contribution in [3.05, 3.63) is 35.4 Å². The van der Waals surface area contributed by atoms with Gasteiger partial charge in [0.25, 0.3) is 0 Å². The molecule has 0 spiro atoms. The summed E-state index contributed by atoms with van der Waals surface area (Å²) >= 11 is 1.34. The number of aromatic nitrogens is 4. The highest BCUT2D eigenvalue weighted by Gasteiger charge is 2.42. The lowest BCUT2D eigenvalue weighted by Crippen LogP contribution is -2.59. The molecule has 1 fully saturated rings. The monoisotopic (exact) mass is 414 g/mol. The highest BCUT2D eigenvalue weighted by Crippen LogP contribution is 2.30. The molecule has 150 valence electrons. The number of carbonyl (C=O) groups is 2. The third-order valence-electron chi connectivity index (χ3n) is 4.26. The number of alkyl halides is 3. The van der Waals surface area contributed by atoms with Gasteiger partial charge in [0.15, 0.2) is 0 Å². The first-order valence-electron chi connectivity index (χ1n) is 8.25. The number of nitrogens with zero attached hydrogens (tertiary/aromatic N) is 6. The molecule has 28 heavy (non-hydrogen) atoms. The number of hydrogen-bond acceptors (Lipinski definition) is 6. The molecular formula is C16H17F3N6O2S. The maximum Gasteiger partial charge on any atom is 0.416 e. The number of tetrazole rings is 1. The van der Waals surface area contributed by atoms with Crippen molar-refractivity contribution in [2.45, 2.75) is 30.3 Å². The van der Waals surface area contributed by atoms with Gasteiger partial charge in [-0.3, -0.25) is 9.69 Å². The van der Waals surface area contributed by atoms with Crippen LogP contribution in [0.25, 0.3) is 0 Å². The first-order valence-corrected chi connectivity index (χ1v) is 9.24. The van der Waals surface area contributed by atoms with E-state index in [1.165, 1.54) is 45.4 Å². The lowest BCUT2D eigenvalue weighted by molar-refractivity contribution is -0.140. The molecule has 1 atom stereocenters. The van der Waals surface area contributed by atoms with E-state index in [4.69, 9.17) is 0 Å². The standard InChI is InChI=1S/C16H17F3N6O2S/c1-23(8-10-3-5-11(6-4-10)16(17,18)19)15(27)25-12(7-13(25)26)9-28-14-20-21-22-24(14)2/h3-6,12H,7-9H2,1-2H3/t12-/m1/s1. The zero-order chi connectivity index (χ0) is 20.5. The first-order chi connectivity index (χ1) is 13.2. The minimum Gasteiger partial charge on any atom is -0.323 e. The van der Waals surface area contributed by atoms with Gasteiger partial charge in [-0.25, -0.2) is 9.48 Å². The molecule has 2 heterocycles. The van der Waals surface area contributed by atoms with Gasteiger partial charge < -0.3 is 4.90 Å². The minimum atomic E-state index is -4.41. The average Bonchev–Trinajstić information content (AvgIpc) is 3.03. The summed E-state index contributed by atoms with van der Waals surface area (Å²) in [6.07, 6.45) is -4.16. The molecular weight excluding hydrogens is 397 g/mol. The van der Waals surface area contributed by atoms with Gasteiger partial charge in [0, 0.05) is 32.8 Å². The zero-order valence-electron chi connectivity index (χ0n) is 15.0. The molecule has 3 rings (SSSR count). The van der Waals surface area contributed by atoms with Crippen LogP contribution < -0.4 is 0 Å². The van der Waals surface area contributed by atoms with E-state index in [1.807, 2.05) is 0 Å². The summed E-state index contributed by atoms with van der Waals surface area (Å²) in [7, 11) is 3.19. The van der Waals surface area contributed by atoms with E-state index < -0.39 is 17.8 Å². The van der Waals surface area contributed by atoms with Crippen LogP contribution in [0.4, 0.5) is 18.0 Å². The van der Waals surface area contributed by atoms with Crippen LogP contribution in [0.3, 0.4) is 0 Å². The quantitative estimate of drug-likeness (QED) is 0.551. The largest absolute Gasteiger partial charge is 0.416 e. The smallest absolute Gasteiger partial charge is 0.323 e. The summed E-state index contributed by atoms with van der Waals surface area (Å²) in [5.41, 5.74) is -0.216. The lowest BCUT2D eigenvalue weighted by Gasteiger charge is -2.40. The second-order valence-electron chi connectivity index (χ2n) is 6.35. The summed E-state index contributed by atoms with van der Waals surface area (Å²) in [5.74, 6) is 0.172. The highest BCUT2D eigenvalue weighted by atomic mass is 32.2. The Bertz CT molecular complexity index is 870. The van der Waals surface area contributed by atoms with Gasteiger partial charge >= 0.3 is 12.2 Å². The summed E-state index contributed by atoms with van der Waals surface area (Å²) in [6.45, 7) is 0.0911. The molecule has 0 bridgehead atoms. The van der Waals surface area contributed by atoms with Gasteiger partial charge in [0.2, 0.25) is 11.1 Å². The Kier molecular flexibility index (Phi) is 5.59. The highest BCUT2D eigenvalue weighted by molar-refractivity contribution is 7.99. The molecule has 1 saturated heterocycles. The SMILES string of the molecule is CN(Cc1ccc(C(F)(F)F)cc1)C(=O)N1C(=O)C[C@@H]1CSc1nnnn1C. The summed E-state index contributed by atoms with van der Waals surface area (Å²) in [6, 6.07) is 3.81. The third kappa shape index (κ3) is 4.26. The molecule has 8 nitrogen and oxygen atoms in total. The molecule has 3 amide bonds. The van der Waals surface area contributed by atoms with E-state index in [1.54, 1.807) is 7.05 Å². The van der Waals surface area contributed by atoms with Crippen LogP contribution in [0.2, 0.25) is 0 Å². The zero-order valence-corrected chi connectivity index (χ0v) is 15.9. The average molecular weight is 414 g/mol. The number of hydrogen-bond donors (Lipinski definition) is 0. The Balaban J connectivity index is 1.58. The number of halogens is 3. The summed E-state index contributed by atoms with van der Waals surface area (Å²) in [4.78, 5) is 27.0. The number of β-lactam (4-membered cyclic amide) rings is 1. The lowest BCUT2D eigenvalue weighted by atomic mass is 10.0. The van der Waals surface area contributed by atoms with E-state index in [2.05, 4.69) is 15.5 Å². The molecule has 12 heteroatoms. The van der Waals surface area contributed by atoms with Crippen molar-refractivity contribution in [2.75, 3.05) is 12.8 Å². The van der Waals surface area contributed by atoms with Gasteiger partial charge in [0.05, 0.1) is 11.6 Å². The van der Waals surface area contributed by atoms with Crippen LogP contribution >= 0.6 is 11.8 Å². The van der Waals surface area contributed by atoms with E-state index >= 15 is 0 Å². The van der Waals surface area contributed by atoms with E-state index in [0.717, 1.165) is 12.1 Å². The Morgan fingerprint density at radius 2 is 2.00 bits per heavy atom. The van der Waals surface area contributed by atoms with Gasteiger partial charge in [-0.15, -0.1) is 5.10 Å². The number of aryl methyl sites for hydroxylation is 1. The molecule has 0 aliphatic carbocycles. The molecule has 0 unspecified atom stereocenters. The summed E-state index contributed by atoms with van der Waals surface area (Å²) in [5, 5.41) is 11.6. The number of benzene rings is 1. The van der Waals surface area contributed by atoms with E-state index in [-0.39, 0.29) is 24.9 Å². The number of amides is 3. The van der Waals surface area contributed by atoms with Crippen molar-refractivity contribution in [2.24, 2.45) is 7.05 Å². The number of thioether (sulfide) groups is 1. The van der Waals surface area contributed by atoms with Crippen LogP contribution in [0.15, 0.2) is 29.4 Å². The van der Waals surface area contributed by atoms with Gasteiger partial charge in [-0.05, 0) is 28.1 Å². The predicted molar refractivity (Wildman–Crippen MR) is 93.1 cm³/mol. The Morgan fingerprint density at radius 1 is 1.32 bits per heavy atom. The molecule has 0 saturated carbocycles. The maximum atomic E-state index is 12.6. The number of carbonyl (C=O) groups excluding carboxylic acids is 2. The van der Waals surface area contributed by atoms with Gasteiger partial charge in [-0.1, -0.05) is 23.9 Å². The molecule has 1 aromatic carbocycles. The number of urea groups is 1. The van der Waals surface area contributed by atoms with Crippen molar-refractivity contribution in [3.8, 4) is 0 Å². The van der Waals surface area contributed by atoms with Crippen molar-refractivity contribution in [1.29, 1.82) is 0 Å². The normalized spacial score (nSPS) is 16.8. The molecule has 0 radical (unpaired) electrons. The Morgan fingerprint density at radius 3 is 2.54 bits per heavy atom. The number of imide groups is 1. The van der Waals surface area contributed by atoms with E-state index in [9.17, 15) is 22.8 Å². The fraction of sp³-hybridized carbons (Fsp3) is 0.438. The second kappa shape index (κ2) is 7.78. The second-order valence-corrected chi connectivity index (χ2v) is 7.34. The van der Waals surface area contributed by atoms with Crippen molar-refractivity contribution in [3.63, 3.8) is 0 Å². The number of likely N-dealkylation sites (tertiary alicyclic amines) is 1. The number of rotatable bonds is 5. The Labute approximate surface area is 162 Å². The van der Waals surface area contributed by atoms with Crippen LogP contribution in [0.5, 0.6) is 0 Å². The van der Waals surface area contributed by atoms with Crippen molar-refractivity contribution >= 4 is 23.7 Å². The molecule has 0 N–H and O–H groups in total. The Hall–Kier alpha value is -2.63. The topological polar surface area (TPSA) is 84.2 Å². The minimum absolute atomic E-state index is 0.0911. The van der Waals surface area contributed by atoms with E-state index in [0.29, 0.717) is 16.5 Å². The van der Waals surface area contributed by atoms with Gasteiger partial charge in [0.1, 0.15) is 0 Å².